The van der Waals surface area contributed by atoms with E-state index in [1.54, 1.807) is 6.07 Å². The van der Waals surface area contributed by atoms with Crippen LogP contribution in [-0.2, 0) is 0 Å². The smallest absolute Gasteiger partial charge is 0.251 e. The van der Waals surface area contributed by atoms with Gasteiger partial charge < -0.3 is 15.4 Å². The fourth-order valence-corrected chi connectivity index (χ4v) is 2.00. The van der Waals surface area contributed by atoms with Crippen LogP contribution < -0.4 is 10.9 Å². The van der Waals surface area contributed by atoms with E-state index >= 15 is 0 Å². The Morgan fingerprint density at radius 3 is 2.63 bits per heavy atom. The second-order valence-corrected chi connectivity index (χ2v) is 5.80. The fourth-order valence-electron chi connectivity index (χ4n) is 2.00. The predicted molar refractivity (Wildman–Crippen MR) is 74.0 cm³/mol. The molecule has 5 heteroatoms. The summed E-state index contributed by atoms with van der Waals surface area (Å²) in [6, 6.07) is 2.80. The van der Waals surface area contributed by atoms with Crippen LogP contribution in [0.5, 0.6) is 0 Å². The Morgan fingerprint density at radius 1 is 1.47 bits per heavy atom. The molecule has 0 aromatic carbocycles. The van der Waals surface area contributed by atoms with Gasteiger partial charge in [0.2, 0.25) is 5.56 Å². The highest BCUT2D eigenvalue weighted by Gasteiger charge is 2.30. The molecule has 0 radical (unpaired) electrons. The van der Waals surface area contributed by atoms with Gasteiger partial charge in [0.25, 0.3) is 5.91 Å². The number of aliphatic hydroxyl groups is 1. The van der Waals surface area contributed by atoms with E-state index in [1.807, 2.05) is 27.7 Å². The average molecular weight is 266 g/mol. The molecule has 0 spiro atoms. The summed E-state index contributed by atoms with van der Waals surface area (Å²) in [5.74, 6) is -0.193. The normalized spacial score (nSPS) is 13.4. The van der Waals surface area contributed by atoms with Crippen molar-refractivity contribution in [1.29, 1.82) is 0 Å². The van der Waals surface area contributed by atoms with E-state index in [1.165, 1.54) is 12.3 Å². The van der Waals surface area contributed by atoms with Crippen molar-refractivity contribution < 1.29 is 9.90 Å². The zero-order chi connectivity index (χ0) is 14.6. The molecule has 0 aliphatic rings. The number of H-pyrrole nitrogens is 1. The molecule has 1 amide bonds. The molecule has 1 atom stereocenters. The maximum Gasteiger partial charge on any atom is 0.251 e. The topological polar surface area (TPSA) is 82.2 Å². The largest absolute Gasteiger partial charge is 0.392 e. The minimum atomic E-state index is -0.507. The molecular formula is C14H22N2O3. The van der Waals surface area contributed by atoms with E-state index in [2.05, 4.69) is 10.3 Å². The van der Waals surface area contributed by atoms with Crippen molar-refractivity contribution in [1.82, 2.24) is 10.3 Å². The monoisotopic (exact) mass is 266 g/mol. The average Bonchev–Trinajstić information content (AvgIpc) is 2.35. The molecule has 1 rings (SSSR count). The third kappa shape index (κ3) is 4.21. The molecule has 0 fully saturated rings. The SMILES string of the molecule is CC(C)C(O)C(C)(C)CNC(=O)c1cc[nH]c(=O)c1. The third-order valence-electron chi connectivity index (χ3n) is 3.17. The van der Waals surface area contributed by atoms with Crippen LogP contribution in [0.2, 0.25) is 0 Å². The van der Waals surface area contributed by atoms with E-state index in [-0.39, 0.29) is 17.4 Å². The number of hydrogen-bond donors (Lipinski definition) is 3. The van der Waals surface area contributed by atoms with Gasteiger partial charge in [0.05, 0.1) is 6.10 Å². The summed E-state index contributed by atoms with van der Waals surface area (Å²) in [6.45, 7) is 8.01. The number of amides is 1. The number of hydrogen-bond acceptors (Lipinski definition) is 3. The van der Waals surface area contributed by atoms with Crippen molar-refractivity contribution in [3.05, 3.63) is 34.2 Å². The molecule has 3 N–H and O–H groups in total. The van der Waals surface area contributed by atoms with Crippen molar-refractivity contribution in [2.45, 2.75) is 33.8 Å². The van der Waals surface area contributed by atoms with Gasteiger partial charge in [-0.1, -0.05) is 27.7 Å². The van der Waals surface area contributed by atoms with Crippen LogP contribution in [0.15, 0.2) is 23.1 Å². The number of carbonyl (C=O) groups excluding carboxylic acids is 1. The number of aromatic amines is 1. The molecule has 1 unspecified atom stereocenters. The van der Waals surface area contributed by atoms with E-state index in [4.69, 9.17) is 0 Å². The van der Waals surface area contributed by atoms with Crippen LogP contribution in [0.4, 0.5) is 0 Å². The number of aromatic nitrogens is 1. The molecule has 1 aromatic rings. The Hall–Kier alpha value is -1.62. The highest BCUT2D eigenvalue weighted by molar-refractivity contribution is 5.93. The predicted octanol–water partition coefficient (Wildman–Crippen LogP) is 1.15. The van der Waals surface area contributed by atoms with E-state index < -0.39 is 11.5 Å². The summed E-state index contributed by atoms with van der Waals surface area (Å²) in [6.07, 6.45) is 0.928. The van der Waals surface area contributed by atoms with E-state index in [9.17, 15) is 14.7 Å². The number of aliphatic hydroxyl groups excluding tert-OH is 1. The van der Waals surface area contributed by atoms with E-state index in [0.717, 1.165) is 0 Å². The number of nitrogens with one attached hydrogen (secondary N) is 2. The molecule has 0 bridgehead atoms. The van der Waals surface area contributed by atoms with Gasteiger partial charge in [0.1, 0.15) is 0 Å². The summed E-state index contributed by atoms with van der Waals surface area (Å²) in [5.41, 5.74) is -0.418. The minimum absolute atomic E-state index is 0.117. The lowest BCUT2D eigenvalue weighted by molar-refractivity contribution is 0.0138. The van der Waals surface area contributed by atoms with Gasteiger partial charge in [0, 0.05) is 29.8 Å². The molecule has 106 valence electrons. The van der Waals surface area contributed by atoms with Crippen LogP contribution in [0.3, 0.4) is 0 Å². The molecule has 0 saturated heterocycles. The third-order valence-corrected chi connectivity index (χ3v) is 3.17. The van der Waals surface area contributed by atoms with Gasteiger partial charge in [-0.05, 0) is 12.0 Å². The molecule has 0 aliphatic carbocycles. The maximum atomic E-state index is 11.9. The van der Waals surface area contributed by atoms with Gasteiger partial charge in [-0.2, -0.15) is 0 Å². The molecule has 5 nitrogen and oxygen atoms in total. The quantitative estimate of drug-likeness (QED) is 0.747. The molecule has 1 heterocycles. The summed E-state index contributed by atoms with van der Waals surface area (Å²) >= 11 is 0. The van der Waals surface area contributed by atoms with Gasteiger partial charge in [-0.3, -0.25) is 9.59 Å². The summed E-state index contributed by atoms with van der Waals surface area (Å²) in [7, 11) is 0. The van der Waals surface area contributed by atoms with E-state index in [0.29, 0.717) is 12.1 Å². The number of pyridine rings is 1. The zero-order valence-corrected chi connectivity index (χ0v) is 11.9. The summed E-state index contributed by atoms with van der Waals surface area (Å²) in [4.78, 5) is 25.5. The highest BCUT2D eigenvalue weighted by Crippen LogP contribution is 2.25. The van der Waals surface area contributed by atoms with Crippen LogP contribution >= 0.6 is 0 Å². The Balaban J connectivity index is 2.67. The van der Waals surface area contributed by atoms with Crippen LogP contribution in [0.1, 0.15) is 38.1 Å². The summed E-state index contributed by atoms with van der Waals surface area (Å²) < 4.78 is 0. The first-order valence-electron chi connectivity index (χ1n) is 6.39. The standard InChI is InChI=1S/C14H22N2O3/c1-9(2)12(18)14(3,4)8-16-13(19)10-5-6-15-11(17)7-10/h5-7,9,12,18H,8H2,1-4H3,(H,15,17)(H,16,19). The van der Waals surface area contributed by atoms with Crippen LogP contribution in [-0.4, -0.2) is 28.6 Å². The highest BCUT2D eigenvalue weighted by atomic mass is 16.3. The second-order valence-electron chi connectivity index (χ2n) is 5.80. The molecule has 0 aliphatic heterocycles. The lowest BCUT2D eigenvalue weighted by Crippen LogP contribution is -2.43. The van der Waals surface area contributed by atoms with Gasteiger partial charge in [-0.25, -0.2) is 0 Å². The summed E-state index contributed by atoms with van der Waals surface area (Å²) in [5, 5.41) is 12.8. The molecular weight excluding hydrogens is 244 g/mol. The first-order valence-corrected chi connectivity index (χ1v) is 6.39. The zero-order valence-electron chi connectivity index (χ0n) is 11.9. The minimum Gasteiger partial charge on any atom is -0.392 e. The van der Waals surface area contributed by atoms with Crippen molar-refractivity contribution in [3.8, 4) is 0 Å². The molecule has 19 heavy (non-hydrogen) atoms. The Labute approximate surface area is 113 Å². The Bertz CT molecular complexity index is 491. The fraction of sp³-hybridized carbons (Fsp3) is 0.571. The van der Waals surface area contributed by atoms with Gasteiger partial charge in [0.15, 0.2) is 0 Å². The van der Waals surface area contributed by atoms with Crippen molar-refractivity contribution in [2.24, 2.45) is 11.3 Å². The first kappa shape index (κ1) is 15.4. The van der Waals surface area contributed by atoms with Crippen molar-refractivity contribution >= 4 is 5.91 Å². The lowest BCUT2D eigenvalue weighted by atomic mass is 9.80. The second kappa shape index (κ2) is 6.02. The van der Waals surface area contributed by atoms with Gasteiger partial charge >= 0.3 is 0 Å². The van der Waals surface area contributed by atoms with Crippen molar-refractivity contribution in [2.75, 3.05) is 6.54 Å². The maximum absolute atomic E-state index is 11.9. The Morgan fingerprint density at radius 2 is 2.11 bits per heavy atom. The van der Waals surface area contributed by atoms with Gasteiger partial charge in [-0.15, -0.1) is 0 Å². The molecule has 0 saturated carbocycles. The Kier molecular flexibility index (Phi) is 4.89. The van der Waals surface area contributed by atoms with Crippen LogP contribution in [0, 0.1) is 11.3 Å². The first-order chi connectivity index (χ1) is 8.74. The lowest BCUT2D eigenvalue weighted by Gasteiger charge is -2.33. The van der Waals surface area contributed by atoms with Crippen LogP contribution in [0.25, 0.3) is 0 Å². The van der Waals surface area contributed by atoms with Crippen molar-refractivity contribution in [3.63, 3.8) is 0 Å². The molecule has 1 aromatic heterocycles. The number of rotatable bonds is 5. The number of carbonyl (C=O) groups is 1.